The zero-order valence-corrected chi connectivity index (χ0v) is 10.0. The molecule has 0 radical (unpaired) electrons. The molecule has 15 heavy (non-hydrogen) atoms. The zero-order valence-electron chi connectivity index (χ0n) is 10.0. The smallest absolute Gasteiger partial charge is 0.0576 e. The van der Waals surface area contributed by atoms with Crippen molar-refractivity contribution in [3.8, 4) is 0 Å². The molecule has 0 aromatic carbocycles. The Balaban J connectivity index is 1.59. The van der Waals surface area contributed by atoms with Crippen LogP contribution in [0.5, 0.6) is 0 Å². The topological polar surface area (TPSA) is 21.3 Å². The van der Waals surface area contributed by atoms with Crippen molar-refractivity contribution in [3.05, 3.63) is 0 Å². The molecule has 0 spiro atoms. The lowest BCUT2D eigenvalue weighted by Crippen LogP contribution is -2.33. The third-order valence-corrected chi connectivity index (χ3v) is 4.12. The molecule has 0 amide bonds. The van der Waals surface area contributed by atoms with Crippen molar-refractivity contribution in [3.63, 3.8) is 0 Å². The Hall–Kier alpha value is -0.0800. The van der Waals surface area contributed by atoms with Gasteiger partial charge < -0.3 is 10.1 Å². The highest BCUT2D eigenvalue weighted by atomic mass is 16.5. The second kappa shape index (κ2) is 5.86. The summed E-state index contributed by atoms with van der Waals surface area (Å²) in [6.07, 6.45) is 11.4. The molecule has 0 aromatic heterocycles. The molecular formula is C13H25NO. The fourth-order valence-electron chi connectivity index (χ4n) is 2.97. The Bertz CT molecular complexity index is 169. The van der Waals surface area contributed by atoms with Gasteiger partial charge in [-0.05, 0) is 51.5 Å². The number of hydrogen-bond acceptors (Lipinski definition) is 2. The average Bonchev–Trinajstić information content (AvgIpc) is 2.80. The first-order valence-corrected chi connectivity index (χ1v) is 6.67. The van der Waals surface area contributed by atoms with E-state index < -0.39 is 0 Å². The van der Waals surface area contributed by atoms with Crippen LogP contribution in [0.15, 0.2) is 0 Å². The van der Waals surface area contributed by atoms with Crippen LogP contribution >= 0.6 is 0 Å². The second-order valence-corrected chi connectivity index (χ2v) is 5.25. The third kappa shape index (κ3) is 3.46. The Morgan fingerprint density at radius 1 is 1.00 bits per heavy atom. The summed E-state index contributed by atoms with van der Waals surface area (Å²) < 4.78 is 6.03. The standard InChI is InChI=1S/C13H25NO/c1-14-12-6-8-13(9-7-12)15-10-11-4-2-3-5-11/h11-14H,2-10H2,1H3. The highest BCUT2D eigenvalue weighted by Crippen LogP contribution is 2.27. The molecular weight excluding hydrogens is 186 g/mol. The van der Waals surface area contributed by atoms with E-state index in [0.29, 0.717) is 6.10 Å². The van der Waals surface area contributed by atoms with Crippen molar-refractivity contribution in [2.75, 3.05) is 13.7 Å². The maximum absolute atomic E-state index is 6.03. The fraction of sp³-hybridized carbons (Fsp3) is 1.00. The summed E-state index contributed by atoms with van der Waals surface area (Å²) in [6.45, 7) is 1.04. The lowest BCUT2D eigenvalue weighted by atomic mass is 9.93. The number of nitrogens with one attached hydrogen (secondary N) is 1. The molecule has 0 heterocycles. The van der Waals surface area contributed by atoms with E-state index >= 15 is 0 Å². The van der Waals surface area contributed by atoms with Gasteiger partial charge >= 0.3 is 0 Å². The van der Waals surface area contributed by atoms with E-state index in [0.717, 1.165) is 18.6 Å². The summed E-state index contributed by atoms with van der Waals surface area (Å²) in [6, 6.07) is 0.747. The van der Waals surface area contributed by atoms with Gasteiger partial charge in [-0.25, -0.2) is 0 Å². The molecule has 0 atom stereocenters. The van der Waals surface area contributed by atoms with Gasteiger partial charge in [0.2, 0.25) is 0 Å². The van der Waals surface area contributed by atoms with E-state index in [1.54, 1.807) is 0 Å². The highest BCUT2D eigenvalue weighted by Gasteiger charge is 2.22. The van der Waals surface area contributed by atoms with E-state index in [1.807, 2.05) is 0 Å². The van der Waals surface area contributed by atoms with Crippen molar-refractivity contribution >= 4 is 0 Å². The van der Waals surface area contributed by atoms with Crippen molar-refractivity contribution < 1.29 is 4.74 Å². The van der Waals surface area contributed by atoms with E-state index in [2.05, 4.69) is 12.4 Å². The zero-order chi connectivity index (χ0) is 10.5. The molecule has 0 aromatic rings. The molecule has 2 saturated carbocycles. The summed E-state index contributed by atoms with van der Waals surface area (Å²) in [4.78, 5) is 0. The quantitative estimate of drug-likeness (QED) is 0.772. The molecule has 2 heteroatoms. The minimum Gasteiger partial charge on any atom is -0.378 e. The molecule has 2 aliphatic carbocycles. The molecule has 2 nitrogen and oxygen atoms in total. The summed E-state index contributed by atoms with van der Waals surface area (Å²) >= 11 is 0. The Kier molecular flexibility index (Phi) is 4.45. The van der Waals surface area contributed by atoms with Crippen LogP contribution in [0.25, 0.3) is 0 Å². The first-order valence-electron chi connectivity index (χ1n) is 6.67. The number of ether oxygens (including phenoxy) is 1. The predicted molar refractivity (Wildman–Crippen MR) is 63.0 cm³/mol. The summed E-state index contributed by atoms with van der Waals surface area (Å²) in [7, 11) is 2.07. The van der Waals surface area contributed by atoms with Crippen LogP contribution in [0.3, 0.4) is 0 Å². The summed E-state index contributed by atoms with van der Waals surface area (Å²) in [5.41, 5.74) is 0. The largest absolute Gasteiger partial charge is 0.378 e. The normalized spacial score (nSPS) is 33.4. The number of rotatable bonds is 4. The Morgan fingerprint density at radius 2 is 1.67 bits per heavy atom. The summed E-state index contributed by atoms with van der Waals surface area (Å²) in [5.74, 6) is 0.882. The molecule has 0 bridgehead atoms. The van der Waals surface area contributed by atoms with E-state index in [4.69, 9.17) is 4.74 Å². The molecule has 1 N–H and O–H groups in total. The highest BCUT2D eigenvalue weighted by molar-refractivity contribution is 4.77. The third-order valence-electron chi connectivity index (χ3n) is 4.12. The summed E-state index contributed by atoms with van der Waals surface area (Å²) in [5, 5.41) is 3.37. The van der Waals surface area contributed by atoms with Crippen molar-refractivity contribution in [2.45, 2.75) is 63.5 Å². The van der Waals surface area contributed by atoms with Gasteiger partial charge in [0.05, 0.1) is 6.10 Å². The van der Waals surface area contributed by atoms with Crippen molar-refractivity contribution in [1.29, 1.82) is 0 Å². The first kappa shape index (κ1) is 11.4. The van der Waals surface area contributed by atoms with Crippen LogP contribution in [0.2, 0.25) is 0 Å². The van der Waals surface area contributed by atoms with Crippen LogP contribution in [0, 0.1) is 5.92 Å². The van der Waals surface area contributed by atoms with Crippen LogP contribution in [-0.4, -0.2) is 25.8 Å². The first-order chi connectivity index (χ1) is 7.38. The molecule has 2 fully saturated rings. The van der Waals surface area contributed by atoms with Crippen LogP contribution in [0.1, 0.15) is 51.4 Å². The second-order valence-electron chi connectivity index (χ2n) is 5.25. The molecule has 2 rings (SSSR count). The molecule has 88 valence electrons. The van der Waals surface area contributed by atoms with Crippen molar-refractivity contribution in [2.24, 2.45) is 5.92 Å². The molecule has 0 saturated heterocycles. The van der Waals surface area contributed by atoms with Gasteiger partial charge in [-0.15, -0.1) is 0 Å². The minimum absolute atomic E-state index is 0.565. The van der Waals surface area contributed by atoms with Crippen molar-refractivity contribution in [1.82, 2.24) is 5.32 Å². The maximum atomic E-state index is 6.03. The molecule has 0 unspecified atom stereocenters. The lowest BCUT2D eigenvalue weighted by Gasteiger charge is -2.29. The van der Waals surface area contributed by atoms with Gasteiger partial charge in [-0.1, -0.05) is 12.8 Å². The molecule has 0 aliphatic heterocycles. The van der Waals surface area contributed by atoms with Gasteiger partial charge in [0.1, 0.15) is 0 Å². The van der Waals surface area contributed by atoms with Gasteiger partial charge in [-0.3, -0.25) is 0 Å². The van der Waals surface area contributed by atoms with E-state index in [1.165, 1.54) is 51.4 Å². The van der Waals surface area contributed by atoms with E-state index in [-0.39, 0.29) is 0 Å². The van der Waals surface area contributed by atoms with Crippen LogP contribution in [0.4, 0.5) is 0 Å². The maximum Gasteiger partial charge on any atom is 0.0576 e. The van der Waals surface area contributed by atoms with Crippen LogP contribution < -0.4 is 5.32 Å². The number of hydrogen-bond donors (Lipinski definition) is 1. The Morgan fingerprint density at radius 3 is 2.27 bits per heavy atom. The SMILES string of the molecule is CNC1CCC(OCC2CCCC2)CC1. The minimum atomic E-state index is 0.565. The Labute approximate surface area is 93.8 Å². The van der Waals surface area contributed by atoms with Crippen LogP contribution in [-0.2, 0) is 4.74 Å². The molecule has 2 aliphatic rings. The van der Waals surface area contributed by atoms with Gasteiger partial charge in [0.25, 0.3) is 0 Å². The average molecular weight is 211 g/mol. The van der Waals surface area contributed by atoms with Gasteiger partial charge in [-0.2, -0.15) is 0 Å². The lowest BCUT2D eigenvalue weighted by molar-refractivity contribution is 0.00450. The fourth-order valence-corrected chi connectivity index (χ4v) is 2.97. The van der Waals surface area contributed by atoms with Gasteiger partial charge in [0, 0.05) is 12.6 Å². The van der Waals surface area contributed by atoms with Gasteiger partial charge in [0.15, 0.2) is 0 Å². The predicted octanol–water partition coefficient (Wildman–Crippen LogP) is 2.72. The monoisotopic (exact) mass is 211 g/mol. The van der Waals surface area contributed by atoms with E-state index in [9.17, 15) is 0 Å².